The first-order valence-electron chi connectivity index (χ1n) is 4.80. The number of hydrogen-bond acceptors (Lipinski definition) is 2. The van der Waals surface area contributed by atoms with Crippen LogP contribution in [0.25, 0.3) is 0 Å². The molecular formula is C11H15ClFNO. The van der Waals surface area contributed by atoms with Crippen LogP contribution in [0, 0.1) is 19.7 Å². The fourth-order valence-electron chi connectivity index (χ4n) is 1.26. The first kappa shape index (κ1) is 12.3. The Bertz CT molecular complexity index is 344. The lowest BCUT2D eigenvalue weighted by molar-refractivity contribution is 0.211. The van der Waals surface area contributed by atoms with Gasteiger partial charge in [0.05, 0.1) is 12.0 Å². The van der Waals surface area contributed by atoms with E-state index in [4.69, 9.17) is 11.6 Å². The Labute approximate surface area is 94.1 Å². The number of rotatable bonds is 4. The Morgan fingerprint density at radius 2 is 2.07 bits per heavy atom. The molecule has 0 amide bonds. The highest BCUT2D eigenvalue weighted by molar-refractivity contribution is 6.18. The highest BCUT2D eigenvalue weighted by Gasteiger charge is 2.07. The Kier molecular flexibility index (Phi) is 4.36. The van der Waals surface area contributed by atoms with E-state index in [0.29, 0.717) is 12.1 Å². The van der Waals surface area contributed by atoms with E-state index < -0.39 is 6.10 Å². The van der Waals surface area contributed by atoms with Crippen LogP contribution in [0.2, 0.25) is 0 Å². The molecule has 2 N–H and O–H groups in total. The average molecular weight is 232 g/mol. The quantitative estimate of drug-likeness (QED) is 0.781. The minimum Gasteiger partial charge on any atom is -0.390 e. The SMILES string of the molecule is Cc1c(F)ccc(NCC(O)CCl)c1C. The second-order valence-corrected chi connectivity index (χ2v) is 3.84. The van der Waals surface area contributed by atoms with Crippen molar-refractivity contribution in [2.45, 2.75) is 20.0 Å². The predicted octanol–water partition coefficient (Wildman–Crippen LogP) is 2.45. The van der Waals surface area contributed by atoms with Gasteiger partial charge in [0.15, 0.2) is 0 Å². The maximum Gasteiger partial charge on any atom is 0.126 e. The Hall–Kier alpha value is -0.800. The minimum absolute atomic E-state index is 0.187. The molecule has 0 spiro atoms. The molecule has 0 aliphatic rings. The fourth-order valence-corrected chi connectivity index (χ4v) is 1.37. The average Bonchev–Trinajstić information content (AvgIpc) is 2.24. The van der Waals surface area contributed by atoms with Crippen LogP contribution in [0.1, 0.15) is 11.1 Å². The molecule has 1 aromatic carbocycles. The summed E-state index contributed by atoms with van der Waals surface area (Å²) in [6.45, 7) is 3.94. The lowest BCUT2D eigenvalue weighted by Gasteiger charge is -2.14. The third-order valence-electron chi connectivity index (χ3n) is 2.43. The zero-order valence-electron chi connectivity index (χ0n) is 8.85. The van der Waals surface area contributed by atoms with Gasteiger partial charge in [0.1, 0.15) is 5.82 Å². The highest BCUT2D eigenvalue weighted by Crippen LogP contribution is 2.20. The summed E-state index contributed by atoms with van der Waals surface area (Å²) in [6.07, 6.45) is -0.587. The van der Waals surface area contributed by atoms with Gasteiger partial charge in [-0.25, -0.2) is 4.39 Å². The molecule has 1 rings (SSSR count). The molecule has 2 nitrogen and oxygen atoms in total. The third kappa shape index (κ3) is 3.08. The molecule has 0 aromatic heterocycles. The number of benzene rings is 1. The van der Waals surface area contributed by atoms with Crippen molar-refractivity contribution in [3.8, 4) is 0 Å². The van der Waals surface area contributed by atoms with Gasteiger partial charge in [-0.15, -0.1) is 11.6 Å². The summed E-state index contributed by atoms with van der Waals surface area (Å²) in [5, 5.41) is 12.3. The lowest BCUT2D eigenvalue weighted by atomic mass is 10.1. The minimum atomic E-state index is -0.587. The predicted molar refractivity (Wildman–Crippen MR) is 61.1 cm³/mol. The van der Waals surface area contributed by atoms with Gasteiger partial charge in [0, 0.05) is 12.2 Å². The molecule has 84 valence electrons. The molecule has 15 heavy (non-hydrogen) atoms. The smallest absolute Gasteiger partial charge is 0.126 e. The van der Waals surface area contributed by atoms with Crippen molar-refractivity contribution in [2.24, 2.45) is 0 Å². The van der Waals surface area contributed by atoms with Gasteiger partial charge < -0.3 is 10.4 Å². The Balaban J connectivity index is 2.74. The van der Waals surface area contributed by atoms with Crippen molar-refractivity contribution in [3.05, 3.63) is 29.1 Å². The number of halogens is 2. The van der Waals surface area contributed by atoms with Gasteiger partial charge >= 0.3 is 0 Å². The molecule has 0 radical (unpaired) electrons. The molecule has 0 bridgehead atoms. The van der Waals surface area contributed by atoms with Gasteiger partial charge in [-0.1, -0.05) is 0 Å². The number of aliphatic hydroxyl groups excluding tert-OH is 1. The molecule has 1 unspecified atom stereocenters. The van der Waals surface area contributed by atoms with Crippen molar-refractivity contribution in [3.63, 3.8) is 0 Å². The molecule has 0 aliphatic heterocycles. The summed E-state index contributed by atoms with van der Waals surface area (Å²) in [4.78, 5) is 0. The highest BCUT2D eigenvalue weighted by atomic mass is 35.5. The molecule has 4 heteroatoms. The number of aliphatic hydroxyl groups is 1. The second kappa shape index (κ2) is 5.33. The van der Waals surface area contributed by atoms with Gasteiger partial charge in [-0.2, -0.15) is 0 Å². The zero-order chi connectivity index (χ0) is 11.4. The summed E-state index contributed by atoms with van der Waals surface area (Å²) in [5.74, 6) is -0.0254. The van der Waals surface area contributed by atoms with E-state index in [0.717, 1.165) is 11.3 Å². The zero-order valence-corrected chi connectivity index (χ0v) is 9.61. The maximum atomic E-state index is 13.1. The summed E-state index contributed by atoms with van der Waals surface area (Å²) >= 11 is 5.46. The van der Waals surface area contributed by atoms with Crippen LogP contribution in [0.5, 0.6) is 0 Å². The van der Waals surface area contributed by atoms with Crippen molar-refractivity contribution >= 4 is 17.3 Å². The largest absolute Gasteiger partial charge is 0.390 e. The number of anilines is 1. The van der Waals surface area contributed by atoms with Crippen LogP contribution in [0.3, 0.4) is 0 Å². The van der Waals surface area contributed by atoms with Crippen molar-refractivity contribution < 1.29 is 9.50 Å². The normalized spacial score (nSPS) is 12.6. The molecule has 0 aliphatic carbocycles. The van der Waals surface area contributed by atoms with Gasteiger partial charge in [-0.3, -0.25) is 0 Å². The van der Waals surface area contributed by atoms with Crippen molar-refractivity contribution in [2.75, 3.05) is 17.7 Å². The molecule has 0 saturated heterocycles. The summed E-state index contributed by atoms with van der Waals surface area (Å²) in [7, 11) is 0. The summed E-state index contributed by atoms with van der Waals surface area (Å²) in [6, 6.07) is 3.08. The molecule has 1 atom stereocenters. The van der Waals surface area contributed by atoms with Gasteiger partial charge in [0.25, 0.3) is 0 Å². The van der Waals surface area contributed by atoms with E-state index in [-0.39, 0.29) is 11.7 Å². The number of nitrogens with one attached hydrogen (secondary N) is 1. The lowest BCUT2D eigenvalue weighted by Crippen LogP contribution is -2.21. The van der Waals surface area contributed by atoms with E-state index in [9.17, 15) is 9.50 Å². The van der Waals surface area contributed by atoms with Crippen LogP contribution >= 0.6 is 11.6 Å². The monoisotopic (exact) mass is 231 g/mol. The summed E-state index contributed by atoms with van der Waals surface area (Å²) < 4.78 is 13.1. The second-order valence-electron chi connectivity index (χ2n) is 3.53. The van der Waals surface area contributed by atoms with Crippen LogP contribution in [0.15, 0.2) is 12.1 Å². The Morgan fingerprint density at radius 1 is 1.40 bits per heavy atom. The van der Waals surface area contributed by atoms with Gasteiger partial charge in [0.2, 0.25) is 0 Å². The number of alkyl halides is 1. The topological polar surface area (TPSA) is 32.3 Å². The molecule has 0 heterocycles. The van der Waals surface area contributed by atoms with Crippen LogP contribution < -0.4 is 5.32 Å². The third-order valence-corrected chi connectivity index (χ3v) is 2.78. The van der Waals surface area contributed by atoms with E-state index in [1.54, 1.807) is 13.0 Å². The first-order valence-corrected chi connectivity index (χ1v) is 5.33. The maximum absolute atomic E-state index is 13.1. The number of hydrogen-bond donors (Lipinski definition) is 2. The molecular weight excluding hydrogens is 217 g/mol. The van der Waals surface area contributed by atoms with Crippen molar-refractivity contribution in [1.82, 2.24) is 0 Å². The fraction of sp³-hybridized carbons (Fsp3) is 0.455. The van der Waals surface area contributed by atoms with Crippen LogP contribution in [-0.4, -0.2) is 23.6 Å². The van der Waals surface area contributed by atoms with Gasteiger partial charge in [-0.05, 0) is 37.1 Å². The van der Waals surface area contributed by atoms with E-state index >= 15 is 0 Å². The van der Waals surface area contributed by atoms with E-state index in [1.807, 2.05) is 6.92 Å². The molecule has 1 aromatic rings. The van der Waals surface area contributed by atoms with Crippen LogP contribution in [-0.2, 0) is 0 Å². The Morgan fingerprint density at radius 3 is 2.67 bits per heavy atom. The van der Waals surface area contributed by atoms with Crippen molar-refractivity contribution in [1.29, 1.82) is 0 Å². The standard InChI is InChI=1S/C11H15ClFNO/c1-7-8(2)11(4-3-10(7)13)14-6-9(15)5-12/h3-4,9,14-15H,5-6H2,1-2H3. The molecule has 0 saturated carbocycles. The first-order chi connectivity index (χ1) is 7.06. The molecule has 0 fully saturated rings. The van der Waals surface area contributed by atoms with E-state index in [2.05, 4.69) is 5.32 Å². The van der Waals surface area contributed by atoms with E-state index in [1.165, 1.54) is 6.07 Å². The van der Waals surface area contributed by atoms with Crippen LogP contribution in [0.4, 0.5) is 10.1 Å². The summed E-state index contributed by atoms with van der Waals surface area (Å²) in [5.41, 5.74) is 2.32.